The second-order valence-electron chi connectivity index (χ2n) is 10.8. The molecule has 0 radical (unpaired) electrons. The van der Waals surface area contributed by atoms with Gasteiger partial charge >= 0.3 is 0 Å². The molecule has 4 aromatic rings. The van der Waals surface area contributed by atoms with E-state index in [0.717, 1.165) is 46.7 Å². The molecule has 1 heterocycles. The van der Waals surface area contributed by atoms with Crippen molar-refractivity contribution in [3.8, 4) is 22.6 Å². The number of rotatable bonds is 11. The zero-order valence-corrected chi connectivity index (χ0v) is 24.2. The van der Waals surface area contributed by atoms with Gasteiger partial charge in [-0.05, 0) is 80.0 Å². The molecule has 0 saturated heterocycles. The van der Waals surface area contributed by atoms with Crippen LogP contribution in [0, 0.1) is 12.8 Å². The van der Waals surface area contributed by atoms with Crippen LogP contribution >= 0.6 is 0 Å². The molecule has 0 aliphatic heterocycles. The second kappa shape index (κ2) is 12.9. The van der Waals surface area contributed by atoms with Gasteiger partial charge in [-0.25, -0.2) is 4.98 Å². The molecule has 1 fully saturated rings. The minimum Gasteiger partial charge on any atom is -0.490 e. The summed E-state index contributed by atoms with van der Waals surface area (Å²) < 4.78 is 7.77. The van der Waals surface area contributed by atoms with Gasteiger partial charge in [-0.1, -0.05) is 67.0 Å². The van der Waals surface area contributed by atoms with E-state index in [9.17, 15) is 14.8 Å². The van der Waals surface area contributed by atoms with Crippen LogP contribution in [0.2, 0.25) is 0 Å². The highest BCUT2D eigenvalue weighted by Gasteiger charge is 2.29. The summed E-state index contributed by atoms with van der Waals surface area (Å²) in [4.78, 5) is 29.8. The highest BCUT2D eigenvalue weighted by molar-refractivity contribution is 6.08. The van der Waals surface area contributed by atoms with Gasteiger partial charge in [0.05, 0.1) is 17.5 Å². The maximum Gasteiger partial charge on any atom is 0.261 e. The van der Waals surface area contributed by atoms with E-state index in [4.69, 9.17) is 9.72 Å². The lowest BCUT2D eigenvalue weighted by Gasteiger charge is -2.17. The highest BCUT2D eigenvalue weighted by atomic mass is 16.5. The summed E-state index contributed by atoms with van der Waals surface area (Å²) in [6.45, 7) is 6.07. The van der Waals surface area contributed by atoms with Crippen LogP contribution in [0.25, 0.3) is 16.8 Å². The second-order valence-corrected chi connectivity index (χ2v) is 10.8. The van der Waals surface area contributed by atoms with Crippen molar-refractivity contribution in [3.05, 3.63) is 111 Å². The van der Waals surface area contributed by atoms with Gasteiger partial charge < -0.3 is 15.3 Å². The van der Waals surface area contributed by atoms with Gasteiger partial charge in [0.2, 0.25) is 6.41 Å². The molecular weight excluding hydrogens is 528 g/mol. The van der Waals surface area contributed by atoms with Gasteiger partial charge in [-0.3, -0.25) is 14.2 Å². The fourth-order valence-electron chi connectivity index (χ4n) is 5.36. The Morgan fingerprint density at radius 1 is 1.12 bits per heavy atom. The first-order chi connectivity index (χ1) is 20.4. The molecule has 1 amide bonds. The minimum atomic E-state index is -0.0656. The highest BCUT2D eigenvalue weighted by Crippen LogP contribution is 2.34. The fraction of sp³-hybridized carbons (Fsp3) is 0.294. The van der Waals surface area contributed by atoms with Crippen LogP contribution in [0.3, 0.4) is 0 Å². The molecule has 3 aromatic carbocycles. The molecule has 0 spiro atoms. The van der Waals surface area contributed by atoms with Crippen molar-refractivity contribution in [2.75, 3.05) is 0 Å². The Morgan fingerprint density at radius 2 is 1.83 bits per heavy atom. The van der Waals surface area contributed by atoms with Gasteiger partial charge in [0, 0.05) is 17.5 Å². The summed E-state index contributed by atoms with van der Waals surface area (Å²) in [5.41, 5.74) is 5.46. The van der Waals surface area contributed by atoms with Crippen molar-refractivity contribution >= 4 is 12.2 Å². The van der Waals surface area contributed by atoms with Gasteiger partial charge in [-0.15, -0.1) is 0 Å². The van der Waals surface area contributed by atoms with Crippen LogP contribution in [-0.4, -0.2) is 33.1 Å². The zero-order valence-electron chi connectivity index (χ0n) is 24.2. The van der Waals surface area contributed by atoms with Gasteiger partial charge in [-0.2, -0.15) is 0 Å². The average Bonchev–Trinajstić information content (AvgIpc) is 3.85. The number of amidine groups is 1. The molecule has 42 heavy (non-hydrogen) atoms. The number of hydrogen-bond donors (Lipinski definition) is 2. The van der Waals surface area contributed by atoms with E-state index in [1.54, 1.807) is 10.6 Å². The largest absolute Gasteiger partial charge is 0.490 e. The molecule has 216 valence electrons. The van der Waals surface area contributed by atoms with Crippen LogP contribution in [0.5, 0.6) is 5.75 Å². The Morgan fingerprint density at radius 3 is 2.48 bits per heavy atom. The van der Waals surface area contributed by atoms with Crippen molar-refractivity contribution in [3.63, 3.8) is 0 Å². The molecule has 8 nitrogen and oxygen atoms in total. The maximum absolute atomic E-state index is 14.0. The summed E-state index contributed by atoms with van der Waals surface area (Å²) >= 11 is 0. The van der Waals surface area contributed by atoms with Gasteiger partial charge in [0.25, 0.3) is 5.56 Å². The first-order valence-corrected chi connectivity index (χ1v) is 14.4. The fourth-order valence-corrected chi connectivity index (χ4v) is 5.36. The Bertz CT molecular complexity index is 1640. The molecule has 1 saturated carbocycles. The van der Waals surface area contributed by atoms with E-state index in [1.165, 1.54) is 12.8 Å². The summed E-state index contributed by atoms with van der Waals surface area (Å²) in [5, 5.41) is 15.1. The van der Waals surface area contributed by atoms with E-state index in [1.807, 2.05) is 73.7 Å². The molecule has 0 bridgehead atoms. The Balaban J connectivity index is 1.44. The third-order valence-electron chi connectivity index (χ3n) is 7.74. The third kappa shape index (κ3) is 6.28. The Kier molecular flexibility index (Phi) is 8.81. The maximum atomic E-state index is 14.0. The van der Waals surface area contributed by atoms with E-state index in [-0.39, 0.29) is 17.5 Å². The average molecular weight is 565 g/mol. The minimum absolute atomic E-state index is 0.0656. The molecular formula is C34H36N4O4. The lowest BCUT2D eigenvalue weighted by molar-refractivity contribution is -0.108. The molecule has 8 heteroatoms. The van der Waals surface area contributed by atoms with Crippen molar-refractivity contribution in [2.45, 2.75) is 59.0 Å². The first kappa shape index (κ1) is 28.8. The number of carbonyl (C=O) groups is 1. The van der Waals surface area contributed by atoms with Crippen molar-refractivity contribution in [2.24, 2.45) is 11.1 Å². The van der Waals surface area contributed by atoms with Crippen LogP contribution in [-0.2, 0) is 17.6 Å². The number of carbonyl (C=O) groups excluding carboxylic acids is 1. The normalized spacial score (nSPS) is 13.9. The van der Waals surface area contributed by atoms with Crippen molar-refractivity contribution in [1.82, 2.24) is 14.9 Å². The zero-order chi connectivity index (χ0) is 29.6. The van der Waals surface area contributed by atoms with Crippen LogP contribution in [0.1, 0.15) is 61.3 Å². The first-order valence-electron chi connectivity index (χ1n) is 14.4. The quantitative estimate of drug-likeness (QED) is 0.0786. The molecule has 1 aromatic heterocycles. The van der Waals surface area contributed by atoms with E-state index in [2.05, 4.69) is 24.3 Å². The van der Waals surface area contributed by atoms with E-state index in [0.29, 0.717) is 35.7 Å². The van der Waals surface area contributed by atoms with Gasteiger partial charge in [0.15, 0.2) is 5.84 Å². The number of aryl methyl sites for hydroxylation is 2. The number of ether oxygens (including phenoxy) is 1. The number of oxime groups is 1. The Hall–Kier alpha value is -4.72. The topological polar surface area (TPSA) is 106 Å². The van der Waals surface area contributed by atoms with E-state index >= 15 is 0 Å². The predicted octanol–water partition coefficient (Wildman–Crippen LogP) is 5.81. The van der Waals surface area contributed by atoms with Crippen molar-refractivity contribution < 1.29 is 14.7 Å². The predicted molar refractivity (Wildman–Crippen MR) is 164 cm³/mol. The Labute approximate surface area is 245 Å². The van der Waals surface area contributed by atoms with Crippen LogP contribution < -0.4 is 15.6 Å². The number of benzene rings is 3. The molecule has 1 aliphatic rings. The standard InChI is InChI=1S/C34H36N4O4/c1-4-7-32-31(20-24-10-12-26(13-11-24)29-8-5-6-9-30(29)33(37-41)35-21-39)34(40)38(23(3)36-32)27-16-18-28(19-17-27)42-22(2)25-14-15-25/h5-6,8-13,16-19,21-22,25,41H,4,7,14-15,20H2,1-3H3,(H,35,37,39). The van der Waals surface area contributed by atoms with Crippen LogP contribution in [0.15, 0.2) is 82.7 Å². The number of aromatic nitrogens is 2. The SMILES string of the molecule is CCCc1nc(C)n(-c2ccc(OC(C)C3CC3)cc2)c(=O)c1Cc1ccc(-c2ccccc2/C(=N/O)NC=O)cc1. The summed E-state index contributed by atoms with van der Waals surface area (Å²) in [5.74, 6) is 2.17. The number of hydrogen-bond acceptors (Lipinski definition) is 6. The summed E-state index contributed by atoms with van der Waals surface area (Å²) in [6, 6.07) is 23.0. The lowest BCUT2D eigenvalue weighted by Crippen LogP contribution is -2.28. The molecule has 1 unspecified atom stereocenters. The van der Waals surface area contributed by atoms with Gasteiger partial charge in [0.1, 0.15) is 11.6 Å². The molecule has 1 aliphatic carbocycles. The molecule has 1 atom stereocenters. The number of nitrogens with zero attached hydrogens (tertiary/aromatic N) is 3. The smallest absolute Gasteiger partial charge is 0.261 e. The van der Waals surface area contributed by atoms with Crippen LogP contribution in [0.4, 0.5) is 0 Å². The summed E-state index contributed by atoms with van der Waals surface area (Å²) in [7, 11) is 0. The van der Waals surface area contributed by atoms with Crippen molar-refractivity contribution in [1.29, 1.82) is 0 Å². The lowest BCUT2D eigenvalue weighted by atomic mass is 9.96. The third-order valence-corrected chi connectivity index (χ3v) is 7.74. The monoisotopic (exact) mass is 564 g/mol. The summed E-state index contributed by atoms with van der Waals surface area (Å²) in [6.07, 6.45) is 5.16. The number of amides is 1. The molecule has 2 N–H and O–H groups in total. The van der Waals surface area contributed by atoms with E-state index < -0.39 is 0 Å². The molecule has 5 rings (SSSR count). The number of nitrogens with one attached hydrogen (secondary N) is 1.